The Morgan fingerprint density at radius 2 is 1.79 bits per heavy atom. The van der Waals surface area contributed by atoms with E-state index in [1.54, 1.807) is 54.6 Å². The number of para-hydroxylation sites is 1. The number of carbonyl (C=O) groups is 1. The molecule has 1 fully saturated rings. The van der Waals surface area contributed by atoms with Gasteiger partial charge in [0, 0.05) is 18.0 Å². The maximum atomic E-state index is 13.0. The van der Waals surface area contributed by atoms with E-state index in [1.807, 2.05) is 0 Å². The fraction of sp³-hybridized carbons (Fsp3) is 0.238. The van der Waals surface area contributed by atoms with Crippen molar-refractivity contribution in [3.63, 3.8) is 0 Å². The molecule has 0 unspecified atom stereocenters. The standard InChI is InChI=1S/C21H19NO5S/c23-20(18-13-15-7-4-5-11-19(15)27-21(18)24)22-12-6-8-16(22)14-28(25,26)17-9-2-1-3-10-17/h1-5,7,9-11,13,16H,6,8,12,14H2/t16-/m1/s1. The minimum Gasteiger partial charge on any atom is -0.422 e. The zero-order valence-corrected chi connectivity index (χ0v) is 15.9. The summed E-state index contributed by atoms with van der Waals surface area (Å²) in [6, 6.07) is 16.2. The van der Waals surface area contributed by atoms with E-state index < -0.39 is 27.4 Å². The van der Waals surface area contributed by atoms with Gasteiger partial charge in [0.15, 0.2) is 9.84 Å². The first-order valence-corrected chi connectivity index (χ1v) is 10.7. The van der Waals surface area contributed by atoms with Crippen LogP contribution in [0.25, 0.3) is 11.0 Å². The van der Waals surface area contributed by atoms with Gasteiger partial charge in [-0.2, -0.15) is 0 Å². The summed E-state index contributed by atoms with van der Waals surface area (Å²) in [5.74, 6) is -0.646. The Morgan fingerprint density at radius 3 is 2.57 bits per heavy atom. The van der Waals surface area contributed by atoms with Gasteiger partial charge in [-0.1, -0.05) is 36.4 Å². The van der Waals surface area contributed by atoms with Crippen molar-refractivity contribution < 1.29 is 17.6 Å². The monoisotopic (exact) mass is 397 g/mol. The Morgan fingerprint density at radius 1 is 1.07 bits per heavy atom. The van der Waals surface area contributed by atoms with E-state index in [1.165, 1.54) is 11.0 Å². The van der Waals surface area contributed by atoms with Gasteiger partial charge in [0.1, 0.15) is 11.1 Å². The molecule has 1 amide bonds. The number of fused-ring (bicyclic) bond motifs is 1. The molecule has 0 aliphatic carbocycles. The molecule has 28 heavy (non-hydrogen) atoms. The van der Waals surface area contributed by atoms with Gasteiger partial charge in [-0.15, -0.1) is 0 Å². The van der Waals surface area contributed by atoms with Crippen molar-refractivity contribution >= 4 is 26.7 Å². The highest BCUT2D eigenvalue weighted by Crippen LogP contribution is 2.24. The lowest BCUT2D eigenvalue weighted by atomic mass is 10.1. The predicted octanol–water partition coefficient (Wildman–Crippen LogP) is 2.87. The number of likely N-dealkylation sites (tertiary alicyclic amines) is 1. The summed E-state index contributed by atoms with van der Waals surface area (Å²) in [5, 5.41) is 0.651. The highest BCUT2D eigenvalue weighted by Gasteiger charge is 2.34. The molecule has 1 atom stereocenters. The van der Waals surface area contributed by atoms with Crippen molar-refractivity contribution in [3.8, 4) is 0 Å². The summed E-state index contributed by atoms with van der Waals surface area (Å²) in [7, 11) is -3.53. The topological polar surface area (TPSA) is 84.7 Å². The first-order valence-electron chi connectivity index (χ1n) is 9.07. The molecule has 1 saturated heterocycles. The zero-order valence-electron chi connectivity index (χ0n) is 15.1. The molecule has 0 bridgehead atoms. The van der Waals surface area contributed by atoms with Gasteiger partial charge in [0.05, 0.1) is 10.6 Å². The second kappa shape index (κ2) is 7.24. The number of hydrogen-bond donors (Lipinski definition) is 0. The third-order valence-corrected chi connectivity index (χ3v) is 6.84. The van der Waals surface area contributed by atoms with Crippen LogP contribution < -0.4 is 5.63 Å². The quantitative estimate of drug-likeness (QED) is 0.632. The predicted molar refractivity (Wildman–Crippen MR) is 105 cm³/mol. The molecular weight excluding hydrogens is 378 g/mol. The first kappa shape index (κ1) is 18.4. The van der Waals surface area contributed by atoms with Crippen molar-refractivity contribution in [3.05, 3.63) is 76.6 Å². The highest BCUT2D eigenvalue weighted by molar-refractivity contribution is 7.91. The lowest BCUT2D eigenvalue weighted by Crippen LogP contribution is -2.41. The Labute approximate surface area is 162 Å². The van der Waals surface area contributed by atoms with E-state index in [2.05, 4.69) is 0 Å². The van der Waals surface area contributed by atoms with Crippen LogP contribution >= 0.6 is 0 Å². The van der Waals surface area contributed by atoms with E-state index in [4.69, 9.17) is 4.42 Å². The molecular formula is C21H19NO5S. The number of hydrogen-bond acceptors (Lipinski definition) is 5. The molecule has 4 rings (SSSR count). The molecule has 144 valence electrons. The van der Waals surface area contributed by atoms with E-state index in [0.29, 0.717) is 30.4 Å². The Kier molecular flexibility index (Phi) is 4.77. The second-order valence-corrected chi connectivity index (χ2v) is 8.91. The number of nitrogens with zero attached hydrogens (tertiary/aromatic N) is 1. The van der Waals surface area contributed by atoms with E-state index >= 15 is 0 Å². The summed E-state index contributed by atoms with van der Waals surface area (Å²) < 4.78 is 30.7. The molecule has 0 saturated carbocycles. The zero-order chi connectivity index (χ0) is 19.7. The Bertz CT molecular complexity index is 1180. The maximum Gasteiger partial charge on any atom is 0.349 e. The first-order chi connectivity index (χ1) is 13.5. The van der Waals surface area contributed by atoms with Crippen LogP contribution in [0.3, 0.4) is 0 Å². The van der Waals surface area contributed by atoms with Gasteiger partial charge >= 0.3 is 5.63 Å². The Balaban J connectivity index is 1.63. The summed E-state index contributed by atoms with van der Waals surface area (Å²) in [4.78, 5) is 27.1. The largest absolute Gasteiger partial charge is 0.422 e. The van der Waals surface area contributed by atoms with Crippen LogP contribution in [0.4, 0.5) is 0 Å². The highest BCUT2D eigenvalue weighted by atomic mass is 32.2. The fourth-order valence-corrected chi connectivity index (χ4v) is 5.24. The number of sulfone groups is 1. The molecule has 2 aromatic carbocycles. The average Bonchev–Trinajstić information content (AvgIpc) is 3.15. The fourth-order valence-electron chi connectivity index (χ4n) is 3.62. The van der Waals surface area contributed by atoms with Gasteiger partial charge in [0.2, 0.25) is 0 Å². The van der Waals surface area contributed by atoms with Crippen LogP contribution in [0.1, 0.15) is 23.2 Å². The van der Waals surface area contributed by atoms with E-state index in [-0.39, 0.29) is 16.2 Å². The third-order valence-electron chi connectivity index (χ3n) is 5.02. The molecule has 1 aliphatic rings. The number of carbonyl (C=O) groups excluding carboxylic acids is 1. The van der Waals surface area contributed by atoms with Gasteiger partial charge in [-0.05, 0) is 37.1 Å². The van der Waals surface area contributed by atoms with E-state index in [0.717, 1.165) is 0 Å². The van der Waals surface area contributed by atoms with Crippen LogP contribution in [-0.2, 0) is 9.84 Å². The molecule has 2 heterocycles. The van der Waals surface area contributed by atoms with Crippen LogP contribution in [-0.4, -0.2) is 37.6 Å². The summed E-state index contributed by atoms with van der Waals surface area (Å²) >= 11 is 0. The lowest BCUT2D eigenvalue weighted by Gasteiger charge is -2.24. The Hall–Kier alpha value is -2.93. The summed E-state index contributed by atoms with van der Waals surface area (Å²) in [5.41, 5.74) is -0.364. The molecule has 6 nitrogen and oxygen atoms in total. The lowest BCUT2D eigenvalue weighted by molar-refractivity contribution is 0.0745. The minimum absolute atomic E-state index is 0.0669. The van der Waals surface area contributed by atoms with Gasteiger partial charge in [-0.3, -0.25) is 4.79 Å². The van der Waals surface area contributed by atoms with Crippen molar-refractivity contribution in [1.82, 2.24) is 4.90 Å². The van der Waals surface area contributed by atoms with E-state index in [9.17, 15) is 18.0 Å². The van der Waals surface area contributed by atoms with Crippen LogP contribution in [0.5, 0.6) is 0 Å². The molecule has 0 spiro atoms. The van der Waals surface area contributed by atoms with Crippen molar-refractivity contribution in [2.45, 2.75) is 23.8 Å². The minimum atomic E-state index is -3.53. The number of benzene rings is 2. The molecule has 0 radical (unpaired) electrons. The summed E-state index contributed by atoms with van der Waals surface area (Å²) in [6.45, 7) is 0.417. The number of rotatable bonds is 4. The molecule has 3 aromatic rings. The SMILES string of the molecule is O=C(c1cc2ccccc2oc1=O)N1CCC[C@@H]1CS(=O)(=O)c1ccccc1. The summed E-state index contributed by atoms with van der Waals surface area (Å²) in [6.07, 6.45) is 1.27. The van der Waals surface area contributed by atoms with Gasteiger partial charge < -0.3 is 9.32 Å². The maximum absolute atomic E-state index is 13.0. The molecule has 0 N–H and O–H groups in total. The number of amides is 1. The normalized spacial score (nSPS) is 17.1. The van der Waals surface area contributed by atoms with Crippen molar-refractivity contribution in [2.24, 2.45) is 0 Å². The average molecular weight is 397 g/mol. The van der Waals surface area contributed by atoms with Gasteiger partial charge in [-0.25, -0.2) is 13.2 Å². The van der Waals surface area contributed by atoms with Crippen molar-refractivity contribution in [1.29, 1.82) is 0 Å². The van der Waals surface area contributed by atoms with Crippen molar-refractivity contribution in [2.75, 3.05) is 12.3 Å². The van der Waals surface area contributed by atoms with Crippen LogP contribution in [0.15, 0.2) is 74.8 Å². The molecule has 7 heteroatoms. The smallest absolute Gasteiger partial charge is 0.349 e. The second-order valence-electron chi connectivity index (χ2n) is 6.87. The van der Waals surface area contributed by atoms with Crippen LogP contribution in [0, 0.1) is 0 Å². The van der Waals surface area contributed by atoms with Gasteiger partial charge in [0.25, 0.3) is 5.91 Å². The third kappa shape index (κ3) is 3.45. The van der Waals surface area contributed by atoms with Crippen LogP contribution in [0.2, 0.25) is 0 Å². The molecule has 1 aromatic heterocycles. The molecule has 1 aliphatic heterocycles.